The Labute approximate surface area is 271 Å². The second kappa shape index (κ2) is 13.8. The van der Waals surface area contributed by atoms with Crippen molar-refractivity contribution in [2.75, 3.05) is 13.6 Å². The smallest absolute Gasteiger partial charge is 0.303 e. The third kappa shape index (κ3) is 7.06. The fraction of sp³-hybridized carbons (Fsp3) is 0.324. The lowest BCUT2D eigenvalue weighted by atomic mass is 9.87. The predicted octanol–water partition coefficient (Wildman–Crippen LogP) is 8.30. The first kappa shape index (κ1) is 32.0. The lowest BCUT2D eigenvalue weighted by Crippen LogP contribution is -2.28. The van der Waals surface area contributed by atoms with E-state index in [1.165, 1.54) is 24.3 Å². The molecule has 47 heavy (non-hydrogen) atoms. The topological polar surface area (TPSA) is 111 Å². The summed E-state index contributed by atoms with van der Waals surface area (Å²) in [6.45, 7) is 2.49. The average Bonchev–Trinajstić information content (AvgIpc) is 3.72. The first-order valence-corrected chi connectivity index (χ1v) is 16.0. The number of aromatic nitrogens is 3. The molecule has 2 atom stereocenters. The molecule has 244 valence electrons. The van der Waals surface area contributed by atoms with Crippen LogP contribution in [0.5, 0.6) is 11.5 Å². The first-order valence-electron chi connectivity index (χ1n) is 16.0. The van der Waals surface area contributed by atoms with E-state index in [0.29, 0.717) is 23.4 Å². The van der Waals surface area contributed by atoms with Crippen molar-refractivity contribution in [3.63, 3.8) is 0 Å². The third-order valence-corrected chi connectivity index (χ3v) is 9.11. The van der Waals surface area contributed by atoms with Crippen LogP contribution in [0.4, 0.5) is 8.78 Å². The number of fused-ring (bicyclic) bond motifs is 8. The number of aliphatic carboxylic acids is 1. The number of carboxylic acid groups (broad SMARTS) is 1. The van der Waals surface area contributed by atoms with E-state index in [9.17, 15) is 14.7 Å². The van der Waals surface area contributed by atoms with Crippen molar-refractivity contribution in [3.05, 3.63) is 101 Å². The molecular weight excluding hydrogens is 602 g/mol. The Bertz CT molecular complexity index is 1920. The van der Waals surface area contributed by atoms with Gasteiger partial charge in [0.2, 0.25) is 5.91 Å². The summed E-state index contributed by atoms with van der Waals surface area (Å²) in [5.41, 5.74) is 4.08. The summed E-state index contributed by atoms with van der Waals surface area (Å²) in [6, 6.07) is 15.3. The maximum atomic E-state index is 15.5. The second-order valence-electron chi connectivity index (χ2n) is 12.4. The van der Waals surface area contributed by atoms with Crippen molar-refractivity contribution < 1.29 is 28.2 Å². The van der Waals surface area contributed by atoms with Crippen LogP contribution in [0.3, 0.4) is 0 Å². The van der Waals surface area contributed by atoms with E-state index >= 15 is 8.78 Å². The quantitative estimate of drug-likeness (QED) is 0.183. The van der Waals surface area contributed by atoms with E-state index in [0.717, 1.165) is 47.9 Å². The van der Waals surface area contributed by atoms with Gasteiger partial charge < -0.3 is 24.7 Å². The van der Waals surface area contributed by atoms with E-state index in [1.54, 1.807) is 24.3 Å². The van der Waals surface area contributed by atoms with Crippen LogP contribution in [0, 0.1) is 11.6 Å². The fourth-order valence-corrected chi connectivity index (χ4v) is 6.48. The third-order valence-electron chi connectivity index (χ3n) is 9.11. The molecule has 3 N–H and O–H groups in total. The predicted molar refractivity (Wildman–Crippen MR) is 176 cm³/mol. The Kier molecular flexibility index (Phi) is 9.38. The summed E-state index contributed by atoms with van der Waals surface area (Å²) >= 11 is 0. The van der Waals surface area contributed by atoms with Crippen molar-refractivity contribution in [1.82, 2.24) is 19.9 Å². The largest absolute Gasteiger partial charge is 0.481 e. The van der Waals surface area contributed by atoms with Crippen molar-refractivity contribution >= 4 is 22.8 Å². The van der Waals surface area contributed by atoms with Gasteiger partial charge >= 0.3 is 5.97 Å². The molecule has 3 aromatic carbocycles. The number of hydrogen-bond donors (Lipinski definition) is 3. The molecule has 4 bridgehead atoms. The molecule has 3 heterocycles. The van der Waals surface area contributed by atoms with Gasteiger partial charge in [-0.15, -0.1) is 0 Å². The highest BCUT2D eigenvalue weighted by molar-refractivity contribution is 5.86. The number of halogens is 2. The molecule has 5 aromatic rings. The zero-order valence-corrected chi connectivity index (χ0v) is 26.5. The number of ether oxygens (including phenoxy) is 1. The number of benzene rings is 3. The van der Waals surface area contributed by atoms with Gasteiger partial charge in [0.25, 0.3) is 0 Å². The van der Waals surface area contributed by atoms with Gasteiger partial charge in [-0.2, -0.15) is 0 Å². The molecule has 0 saturated heterocycles. The molecule has 1 aliphatic rings. The molecule has 2 aromatic heterocycles. The number of carboxylic acids is 1. The number of carbonyl (C=O) groups is 2. The number of nitrogens with zero attached hydrogens (tertiary/aromatic N) is 2. The lowest BCUT2D eigenvalue weighted by molar-refractivity contribution is -0.137. The van der Waals surface area contributed by atoms with Crippen LogP contribution in [0.2, 0.25) is 0 Å². The van der Waals surface area contributed by atoms with Gasteiger partial charge in [-0.25, -0.2) is 13.8 Å². The van der Waals surface area contributed by atoms with Crippen molar-refractivity contribution in [2.24, 2.45) is 0 Å². The Hall–Kier alpha value is -4.99. The lowest BCUT2D eigenvalue weighted by Gasteiger charge is -2.20. The fourth-order valence-electron chi connectivity index (χ4n) is 6.48. The van der Waals surface area contributed by atoms with E-state index in [1.807, 2.05) is 37.3 Å². The summed E-state index contributed by atoms with van der Waals surface area (Å²) in [5.74, 6) is -1.73. The number of H-pyrrole nitrogens is 2. The zero-order valence-electron chi connectivity index (χ0n) is 26.5. The number of hydrogen-bond acceptors (Lipinski definition) is 4. The standard InChI is InChI=1S/C37H38F2N4O4/c1-22(17-35(45)46)23-7-6-8-24(18-23)26-9-4-3-5-16-43(2)34(44)13-11-28-27-14-15-40-32(27)20-31(39)36(28)47-25-10-12-30(38)29(19-25)37-41-21-33(26)42-37/h6-8,10,12,14-15,18-22,26,40H,3-5,9,11,13,16-17H2,1-2H3,(H,41,42)(H,45,46). The summed E-state index contributed by atoms with van der Waals surface area (Å²) in [4.78, 5) is 37.2. The minimum Gasteiger partial charge on any atom is -0.481 e. The summed E-state index contributed by atoms with van der Waals surface area (Å²) in [7, 11) is 1.79. The molecule has 1 amide bonds. The molecule has 0 aliphatic carbocycles. The summed E-state index contributed by atoms with van der Waals surface area (Å²) in [5, 5.41) is 10.1. The summed E-state index contributed by atoms with van der Waals surface area (Å²) < 4.78 is 37.0. The number of aryl methyl sites for hydroxylation is 1. The van der Waals surface area contributed by atoms with E-state index in [4.69, 9.17) is 4.74 Å². The second-order valence-corrected chi connectivity index (χ2v) is 12.4. The number of aromatic amines is 2. The normalized spacial score (nSPS) is 16.9. The maximum absolute atomic E-state index is 15.5. The highest BCUT2D eigenvalue weighted by Gasteiger charge is 2.23. The van der Waals surface area contributed by atoms with Crippen molar-refractivity contribution in [2.45, 2.75) is 63.7 Å². The van der Waals surface area contributed by atoms with Crippen LogP contribution in [0.1, 0.15) is 79.7 Å². The Morgan fingerprint density at radius 2 is 1.94 bits per heavy atom. The monoisotopic (exact) mass is 640 g/mol. The number of amides is 1. The Balaban J connectivity index is 1.40. The van der Waals surface area contributed by atoms with Gasteiger partial charge in [-0.05, 0) is 60.6 Å². The van der Waals surface area contributed by atoms with Crippen LogP contribution in [0.25, 0.3) is 22.3 Å². The van der Waals surface area contributed by atoms with Crippen LogP contribution in [-0.2, 0) is 16.0 Å². The van der Waals surface area contributed by atoms with Crippen LogP contribution in [-0.4, -0.2) is 50.4 Å². The van der Waals surface area contributed by atoms with Gasteiger partial charge in [0, 0.05) is 66.6 Å². The minimum absolute atomic E-state index is 0.000216. The number of nitrogens with one attached hydrogen (secondary N) is 2. The van der Waals surface area contributed by atoms with Crippen LogP contribution < -0.4 is 4.74 Å². The summed E-state index contributed by atoms with van der Waals surface area (Å²) in [6.07, 6.45) is 7.23. The SMILES string of the molecule is CC(CC(=O)O)c1cccc(C2CCCCCN(C)C(=O)CCc3c(c(F)cc4[nH]ccc34)Oc3ccc(F)c(c3)-c3ncc2[nH]3)c1. The molecule has 0 fully saturated rings. The Morgan fingerprint density at radius 3 is 2.77 bits per heavy atom. The van der Waals surface area contributed by atoms with Crippen molar-refractivity contribution in [1.29, 1.82) is 0 Å². The van der Waals surface area contributed by atoms with Crippen LogP contribution >= 0.6 is 0 Å². The van der Waals surface area contributed by atoms with E-state index in [-0.39, 0.29) is 54.1 Å². The molecule has 2 unspecified atom stereocenters. The number of rotatable bonds is 4. The van der Waals surface area contributed by atoms with E-state index in [2.05, 4.69) is 15.0 Å². The molecule has 6 rings (SSSR count). The Morgan fingerprint density at radius 1 is 1.09 bits per heavy atom. The van der Waals surface area contributed by atoms with Gasteiger partial charge in [-0.3, -0.25) is 9.59 Å². The van der Waals surface area contributed by atoms with Gasteiger partial charge in [0.05, 0.1) is 12.0 Å². The maximum Gasteiger partial charge on any atom is 0.303 e. The van der Waals surface area contributed by atoms with Crippen LogP contribution in [0.15, 0.2) is 67.0 Å². The van der Waals surface area contributed by atoms with Crippen molar-refractivity contribution in [3.8, 4) is 22.9 Å². The molecular formula is C37H38F2N4O4. The average molecular weight is 641 g/mol. The molecule has 10 heteroatoms. The number of carbonyl (C=O) groups excluding carboxylic acids is 1. The van der Waals surface area contributed by atoms with E-state index < -0.39 is 17.6 Å². The number of imidazole rings is 1. The first-order chi connectivity index (χ1) is 22.7. The van der Waals surface area contributed by atoms with Gasteiger partial charge in [-0.1, -0.05) is 44.0 Å². The van der Waals surface area contributed by atoms with Gasteiger partial charge in [0.15, 0.2) is 11.6 Å². The molecule has 1 aliphatic heterocycles. The van der Waals surface area contributed by atoms with Gasteiger partial charge in [0.1, 0.15) is 17.4 Å². The minimum atomic E-state index is -0.853. The molecule has 8 nitrogen and oxygen atoms in total. The highest BCUT2D eigenvalue weighted by atomic mass is 19.1. The molecule has 0 radical (unpaired) electrons. The highest BCUT2D eigenvalue weighted by Crippen LogP contribution is 2.38. The zero-order chi connectivity index (χ0) is 33.1. The molecule has 0 saturated carbocycles. The molecule has 0 spiro atoms.